The van der Waals surface area contributed by atoms with Crippen molar-refractivity contribution in [1.29, 1.82) is 0 Å². The van der Waals surface area contributed by atoms with Crippen molar-refractivity contribution in [2.75, 3.05) is 6.61 Å². The van der Waals surface area contributed by atoms with Crippen molar-refractivity contribution in [3.8, 4) is 5.75 Å². The molecule has 25 heavy (non-hydrogen) atoms. The van der Waals surface area contributed by atoms with Crippen molar-refractivity contribution in [2.45, 2.75) is 32.1 Å². The van der Waals surface area contributed by atoms with Crippen LogP contribution in [0.5, 0.6) is 5.75 Å². The van der Waals surface area contributed by atoms with Crippen LogP contribution in [0.25, 0.3) is 0 Å². The molecular weight excluding hydrogens is 340 g/mol. The maximum Gasteiger partial charge on any atom is 0.271 e. The van der Waals surface area contributed by atoms with Crippen LogP contribution in [0, 0.1) is 0 Å². The highest BCUT2D eigenvalue weighted by atomic mass is 32.2. The summed E-state index contributed by atoms with van der Waals surface area (Å²) in [4.78, 5) is 28.0. The lowest BCUT2D eigenvalue weighted by molar-refractivity contribution is -0.119. The minimum Gasteiger partial charge on any atom is -0.484 e. The number of benzene rings is 1. The third-order valence-electron chi connectivity index (χ3n) is 3.81. The number of primary amides is 1. The van der Waals surface area contributed by atoms with E-state index in [2.05, 4.69) is 10.1 Å². The molecular formula is C17H20N4O3S. The number of ether oxygens (including phenoxy) is 1. The van der Waals surface area contributed by atoms with E-state index in [9.17, 15) is 9.59 Å². The molecule has 1 aromatic carbocycles. The summed E-state index contributed by atoms with van der Waals surface area (Å²) in [5, 5.41) is 3.57. The van der Waals surface area contributed by atoms with E-state index in [0.717, 1.165) is 10.6 Å². The van der Waals surface area contributed by atoms with Crippen LogP contribution in [0.1, 0.15) is 43.2 Å². The smallest absolute Gasteiger partial charge is 0.271 e. The van der Waals surface area contributed by atoms with Gasteiger partial charge in [-0.2, -0.15) is 0 Å². The zero-order valence-electron chi connectivity index (χ0n) is 14.3. The second-order valence-corrected chi connectivity index (χ2v) is 7.40. The molecule has 0 unspecified atom stereocenters. The number of thioether (sulfide) groups is 1. The summed E-state index contributed by atoms with van der Waals surface area (Å²) in [7, 11) is 0. The molecule has 0 saturated carbocycles. The topological polar surface area (TPSA) is 102 Å². The predicted octanol–water partition coefficient (Wildman–Crippen LogP) is 2.51. The number of hydrogen-bond donors (Lipinski definition) is 2. The number of hydrogen-bond acceptors (Lipinski definition) is 5. The van der Waals surface area contributed by atoms with Crippen molar-refractivity contribution in [3.63, 3.8) is 0 Å². The van der Waals surface area contributed by atoms with Gasteiger partial charge in [-0.3, -0.25) is 19.4 Å². The number of carbonyl (C=O) groups excluding carboxylic acids is 1. The highest BCUT2D eigenvalue weighted by molar-refractivity contribution is 8.14. The lowest BCUT2D eigenvalue weighted by atomic mass is 10.1. The maximum atomic E-state index is 12.5. The van der Waals surface area contributed by atoms with Gasteiger partial charge in [0.25, 0.3) is 11.5 Å². The van der Waals surface area contributed by atoms with Crippen LogP contribution in [0.3, 0.4) is 0 Å². The fourth-order valence-corrected chi connectivity index (χ4v) is 3.83. The Balaban J connectivity index is 2.03. The lowest BCUT2D eigenvalue weighted by Gasteiger charge is -2.22. The highest BCUT2D eigenvalue weighted by Crippen LogP contribution is 2.44. The second-order valence-electron chi connectivity index (χ2n) is 6.10. The Bertz CT molecular complexity index is 898. The molecule has 0 saturated heterocycles. The van der Waals surface area contributed by atoms with Crippen LogP contribution >= 0.6 is 11.8 Å². The third kappa shape index (κ3) is 3.48. The van der Waals surface area contributed by atoms with E-state index in [4.69, 9.17) is 10.5 Å². The van der Waals surface area contributed by atoms with E-state index in [0.29, 0.717) is 17.1 Å². The molecule has 1 amide bonds. The molecule has 0 fully saturated rings. The predicted molar refractivity (Wildman–Crippen MR) is 98.8 cm³/mol. The molecule has 0 radical (unpaired) electrons. The van der Waals surface area contributed by atoms with E-state index < -0.39 is 5.91 Å². The van der Waals surface area contributed by atoms with E-state index in [1.807, 2.05) is 39.0 Å². The zero-order valence-corrected chi connectivity index (χ0v) is 15.1. The number of aliphatic imine (C=N–C) groups is 1. The van der Waals surface area contributed by atoms with E-state index in [1.165, 1.54) is 11.8 Å². The Morgan fingerprint density at radius 1 is 1.48 bits per heavy atom. The summed E-state index contributed by atoms with van der Waals surface area (Å²) < 4.78 is 7.18. The average molecular weight is 360 g/mol. The van der Waals surface area contributed by atoms with Crippen LogP contribution in [0.15, 0.2) is 34.1 Å². The van der Waals surface area contributed by atoms with Crippen molar-refractivity contribution in [3.05, 3.63) is 45.7 Å². The number of nitrogens with zero attached hydrogens (tertiary/aromatic N) is 2. The Labute approximate surface area is 149 Å². The SMILES string of the molecule is CC1=Nc2c(c(=O)[nH]n2C(C)C)[C@@H](c2cccc(OCC(N)=O)c2)S1. The van der Waals surface area contributed by atoms with Crippen LogP contribution in [-0.4, -0.2) is 27.3 Å². The molecule has 0 bridgehead atoms. The first-order chi connectivity index (χ1) is 11.9. The molecule has 1 atom stereocenters. The number of fused-ring (bicyclic) bond motifs is 1. The molecule has 7 nitrogen and oxygen atoms in total. The molecule has 3 N–H and O–H groups in total. The maximum absolute atomic E-state index is 12.5. The van der Waals surface area contributed by atoms with Gasteiger partial charge in [-0.15, -0.1) is 0 Å². The Hall–Kier alpha value is -2.48. The average Bonchev–Trinajstić information content (AvgIpc) is 2.89. The first kappa shape index (κ1) is 17.3. The number of rotatable bonds is 5. The molecule has 1 aromatic heterocycles. The van der Waals surface area contributed by atoms with Gasteiger partial charge in [0.05, 0.1) is 15.9 Å². The van der Waals surface area contributed by atoms with Gasteiger partial charge in [0.1, 0.15) is 5.75 Å². The van der Waals surface area contributed by atoms with Gasteiger partial charge in [-0.1, -0.05) is 23.9 Å². The highest BCUT2D eigenvalue weighted by Gasteiger charge is 2.30. The molecule has 0 aliphatic carbocycles. The molecule has 2 aromatic rings. The third-order valence-corrected chi connectivity index (χ3v) is 4.98. The normalized spacial score (nSPS) is 16.5. The number of H-pyrrole nitrogens is 1. The largest absolute Gasteiger partial charge is 0.484 e. The number of nitrogens with two attached hydrogens (primary N) is 1. The van der Waals surface area contributed by atoms with Crippen molar-refractivity contribution >= 4 is 28.5 Å². The fraction of sp³-hybridized carbons (Fsp3) is 0.353. The lowest BCUT2D eigenvalue weighted by Crippen LogP contribution is -2.20. The van der Waals surface area contributed by atoms with E-state index >= 15 is 0 Å². The summed E-state index contributed by atoms with van der Waals surface area (Å²) in [5.74, 6) is 0.677. The Kier molecular flexibility index (Phi) is 4.71. The van der Waals surface area contributed by atoms with E-state index in [1.54, 1.807) is 10.7 Å². The van der Waals surface area contributed by atoms with Gasteiger partial charge in [0.15, 0.2) is 12.4 Å². The van der Waals surface area contributed by atoms with Crippen molar-refractivity contribution < 1.29 is 9.53 Å². The monoisotopic (exact) mass is 360 g/mol. The van der Waals surface area contributed by atoms with Gasteiger partial charge in [0, 0.05) is 6.04 Å². The molecule has 8 heteroatoms. The number of nitrogens with one attached hydrogen (secondary N) is 1. The van der Waals surface area contributed by atoms with Gasteiger partial charge in [-0.05, 0) is 38.5 Å². The molecule has 3 rings (SSSR count). The minimum absolute atomic E-state index is 0.0991. The van der Waals surface area contributed by atoms with E-state index in [-0.39, 0.29) is 23.5 Å². The first-order valence-corrected chi connectivity index (χ1v) is 8.82. The summed E-state index contributed by atoms with van der Waals surface area (Å²) in [5.41, 5.74) is 6.53. The summed E-state index contributed by atoms with van der Waals surface area (Å²) in [6, 6.07) is 7.45. The quantitative estimate of drug-likeness (QED) is 0.855. The van der Waals surface area contributed by atoms with Crippen LogP contribution < -0.4 is 16.0 Å². The second kappa shape index (κ2) is 6.79. The Morgan fingerprint density at radius 2 is 2.24 bits per heavy atom. The zero-order chi connectivity index (χ0) is 18.1. The van der Waals surface area contributed by atoms with Gasteiger partial charge in [-0.25, -0.2) is 4.99 Å². The fourth-order valence-electron chi connectivity index (χ4n) is 2.74. The van der Waals surface area contributed by atoms with Gasteiger partial charge >= 0.3 is 0 Å². The number of aromatic nitrogens is 2. The molecule has 1 aliphatic rings. The van der Waals surface area contributed by atoms with Crippen LogP contribution in [0.4, 0.5) is 5.82 Å². The van der Waals surface area contributed by atoms with Gasteiger partial charge in [0.2, 0.25) is 0 Å². The summed E-state index contributed by atoms with van der Waals surface area (Å²) in [6.07, 6.45) is 0. The number of carbonyl (C=O) groups is 1. The molecule has 0 spiro atoms. The molecule has 2 heterocycles. The number of aromatic amines is 1. The number of amides is 1. The van der Waals surface area contributed by atoms with Crippen LogP contribution in [-0.2, 0) is 4.79 Å². The van der Waals surface area contributed by atoms with Crippen molar-refractivity contribution in [1.82, 2.24) is 9.78 Å². The standard InChI is InChI=1S/C17H20N4O3S/c1-9(2)21-16-14(17(23)20-21)15(25-10(3)19-16)11-5-4-6-12(7-11)24-8-13(18)22/h4-7,9,15H,8H2,1-3H3,(H2,18,22)(H,20,23)/t15-/m1/s1. The Morgan fingerprint density at radius 3 is 2.92 bits per heavy atom. The van der Waals surface area contributed by atoms with Crippen molar-refractivity contribution in [2.24, 2.45) is 10.7 Å². The van der Waals surface area contributed by atoms with Crippen LogP contribution in [0.2, 0.25) is 0 Å². The molecule has 132 valence electrons. The molecule has 1 aliphatic heterocycles. The minimum atomic E-state index is -0.534. The summed E-state index contributed by atoms with van der Waals surface area (Å²) in [6.45, 7) is 5.74. The first-order valence-electron chi connectivity index (χ1n) is 7.94. The summed E-state index contributed by atoms with van der Waals surface area (Å²) >= 11 is 1.52. The van der Waals surface area contributed by atoms with Gasteiger partial charge < -0.3 is 10.5 Å².